The van der Waals surface area contributed by atoms with E-state index in [1.165, 1.54) is 22.2 Å². The SMILES string of the molecule is Brc1ccccc1C[n+]1cn(Cc2c(-c3ccccc3)oc3ccccc23)c2ccccc21.[Br-]. The summed E-state index contributed by atoms with van der Waals surface area (Å²) in [5.74, 6) is 0.937. The van der Waals surface area contributed by atoms with Crippen molar-refractivity contribution in [3.63, 3.8) is 0 Å². The number of hydrogen-bond acceptors (Lipinski definition) is 1. The highest BCUT2D eigenvalue weighted by atomic mass is 79.9. The van der Waals surface area contributed by atoms with Crippen molar-refractivity contribution in [1.29, 1.82) is 0 Å². The number of hydrogen-bond donors (Lipinski definition) is 0. The van der Waals surface area contributed by atoms with Crippen molar-refractivity contribution < 1.29 is 26.0 Å². The minimum Gasteiger partial charge on any atom is -1.00 e. The van der Waals surface area contributed by atoms with Crippen LogP contribution in [0, 0.1) is 0 Å². The first kappa shape index (κ1) is 22.6. The van der Waals surface area contributed by atoms with E-state index in [1.54, 1.807) is 0 Å². The fraction of sp³-hybridized carbons (Fsp3) is 0.0690. The first-order valence-corrected chi connectivity index (χ1v) is 11.8. The molecule has 2 heterocycles. The Labute approximate surface area is 217 Å². The van der Waals surface area contributed by atoms with Gasteiger partial charge in [-0.25, -0.2) is 9.13 Å². The Hall–Kier alpha value is -3.15. The molecule has 0 saturated carbocycles. The molecule has 0 unspecified atom stereocenters. The molecule has 0 bridgehead atoms. The summed E-state index contributed by atoms with van der Waals surface area (Å²) in [6.45, 7) is 1.53. The average molecular weight is 574 g/mol. The number of para-hydroxylation sites is 3. The quantitative estimate of drug-likeness (QED) is 0.283. The Kier molecular flexibility index (Phi) is 6.40. The van der Waals surface area contributed by atoms with Crippen LogP contribution in [0.2, 0.25) is 0 Å². The molecule has 4 aromatic carbocycles. The van der Waals surface area contributed by atoms with Crippen molar-refractivity contribution in [2.24, 2.45) is 0 Å². The number of aromatic nitrogens is 2. The molecule has 0 spiro atoms. The summed E-state index contributed by atoms with van der Waals surface area (Å²) in [4.78, 5) is 0. The maximum atomic E-state index is 6.36. The lowest BCUT2D eigenvalue weighted by Gasteiger charge is -2.03. The topological polar surface area (TPSA) is 21.9 Å². The summed E-state index contributed by atoms with van der Waals surface area (Å²) >= 11 is 3.70. The predicted octanol–water partition coefficient (Wildman–Crippen LogP) is 4.21. The molecule has 0 radical (unpaired) electrons. The molecule has 0 N–H and O–H groups in total. The minimum absolute atomic E-state index is 0. The van der Waals surface area contributed by atoms with Gasteiger partial charge >= 0.3 is 0 Å². The smallest absolute Gasteiger partial charge is 0.245 e. The molecular weight excluding hydrogens is 552 g/mol. The number of benzene rings is 4. The van der Waals surface area contributed by atoms with Gasteiger partial charge in [-0.15, -0.1) is 0 Å². The lowest BCUT2D eigenvalue weighted by molar-refractivity contribution is -0.663. The predicted molar refractivity (Wildman–Crippen MR) is 136 cm³/mol. The molecule has 0 aliphatic carbocycles. The van der Waals surface area contributed by atoms with Crippen LogP contribution >= 0.6 is 15.9 Å². The number of halogens is 2. The first-order valence-electron chi connectivity index (χ1n) is 11.0. The van der Waals surface area contributed by atoms with Crippen molar-refractivity contribution in [3.05, 3.63) is 125 Å². The zero-order chi connectivity index (χ0) is 22.2. The third-order valence-electron chi connectivity index (χ3n) is 6.14. The van der Waals surface area contributed by atoms with Crippen molar-refractivity contribution in [2.45, 2.75) is 13.1 Å². The summed E-state index contributed by atoms with van der Waals surface area (Å²) in [7, 11) is 0. The van der Waals surface area contributed by atoms with Crippen LogP contribution in [0.4, 0.5) is 0 Å². The highest BCUT2D eigenvalue weighted by Crippen LogP contribution is 2.34. The van der Waals surface area contributed by atoms with Gasteiger partial charge in [-0.1, -0.05) is 94.8 Å². The van der Waals surface area contributed by atoms with Gasteiger partial charge in [0.05, 0.1) is 0 Å². The third kappa shape index (κ3) is 4.10. The van der Waals surface area contributed by atoms with Crippen molar-refractivity contribution in [3.8, 4) is 11.3 Å². The van der Waals surface area contributed by atoms with Gasteiger partial charge in [-0.3, -0.25) is 0 Å². The monoisotopic (exact) mass is 572 g/mol. The Morgan fingerprint density at radius 3 is 2.32 bits per heavy atom. The second-order valence-electron chi connectivity index (χ2n) is 8.22. The number of fused-ring (bicyclic) bond motifs is 2. The molecule has 5 heteroatoms. The van der Waals surface area contributed by atoms with Crippen LogP contribution in [0.5, 0.6) is 0 Å². The maximum absolute atomic E-state index is 6.36. The fourth-order valence-corrected chi connectivity index (χ4v) is 4.96. The highest BCUT2D eigenvalue weighted by molar-refractivity contribution is 9.10. The van der Waals surface area contributed by atoms with Gasteiger partial charge in [0.2, 0.25) is 6.33 Å². The number of furan rings is 1. The van der Waals surface area contributed by atoms with E-state index >= 15 is 0 Å². The Morgan fingerprint density at radius 1 is 0.765 bits per heavy atom. The Balaban J connectivity index is 0.00000241. The molecular formula is C29H22Br2N2O. The summed E-state index contributed by atoms with van der Waals surface area (Å²) in [5, 5.41) is 1.16. The molecule has 2 aromatic heterocycles. The van der Waals surface area contributed by atoms with Crippen LogP contribution in [-0.4, -0.2) is 4.57 Å². The van der Waals surface area contributed by atoms with Crippen LogP contribution in [-0.2, 0) is 13.1 Å². The van der Waals surface area contributed by atoms with Gasteiger partial charge in [-0.05, 0) is 24.3 Å². The standard InChI is InChI=1S/C29H22BrN2O.BrH/c30-25-14-6-4-12-22(25)18-31-20-32(27-16-8-7-15-26(27)31)19-24-23-13-5-9-17-28(23)33-29(24)21-10-2-1-3-11-21;/h1-17,20H,18-19H2;1H/q+1;/p-1. The second-order valence-corrected chi connectivity index (χ2v) is 9.08. The molecule has 6 aromatic rings. The van der Waals surface area contributed by atoms with E-state index in [1.807, 2.05) is 18.2 Å². The molecule has 0 aliphatic rings. The fourth-order valence-electron chi connectivity index (χ4n) is 4.55. The Bertz CT molecular complexity index is 1580. The van der Waals surface area contributed by atoms with Gasteiger partial charge in [0, 0.05) is 26.5 Å². The van der Waals surface area contributed by atoms with Crippen LogP contribution < -0.4 is 21.5 Å². The molecule has 168 valence electrons. The first-order chi connectivity index (χ1) is 16.3. The van der Waals surface area contributed by atoms with Crippen molar-refractivity contribution >= 4 is 37.9 Å². The molecule has 0 saturated heterocycles. The molecule has 0 fully saturated rings. The van der Waals surface area contributed by atoms with Crippen molar-refractivity contribution in [1.82, 2.24) is 4.57 Å². The van der Waals surface area contributed by atoms with Crippen LogP contribution in [0.3, 0.4) is 0 Å². The summed E-state index contributed by atoms with van der Waals surface area (Å²) in [6.07, 6.45) is 2.22. The zero-order valence-corrected chi connectivity index (χ0v) is 21.5. The van der Waals surface area contributed by atoms with Crippen LogP contribution in [0.25, 0.3) is 33.3 Å². The lowest BCUT2D eigenvalue weighted by Crippen LogP contribution is -3.00. The summed E-state index contributed by atoms with van der Waals surface area (Å²) in [5.41, 5.74) is 6.89. The van der Waals surface area contributed by atoms with Gasteiger partial charge in [-0.2, -0.15) is 0 Å². The minimum atomic E-state index is 0. The van der Waals surface area contributed by atoms with Gasteiger partial charge < -0.3 is 21.4 Å². The number of rotatable bonds is 5. The molecule has 3 nitrogen and oxygen atoms in total. The van der Waals surface area contributed by atoms with E-state index in [9.17, 15) is 0 Å². The second kappa shape index (κ2) is 9.61. The normalized spacial score (nSPS) is 11.1. The van der Waals surface area contributed by atoms with Crippen LogP contribution in [0.15, 0.2) is 118 Å². The lowest BCUT2D eigenvalue weighted by atomic mass is 10.1. The van der Waals surface area contributed by atoms with E-state index in [-0.39, 0.29) is 17.0 Å². The number of nitrogens with zero attached hydrogens (tertiary/aromatic N) is 2. The van der Waals surface area contributed by atoms with E-state index in [2.05, 4.69) is 116 Å². The molecule has 34 heavy (non-hydrogen) atoms. The highest BCUT2D eigenvalue weighted by Gasteiger charge is 2.22. The van der Waals surface area contributed by atoms with E-state index in [0.29, 0.717) is 0 Å². The molecule has 0 atom stereocenters. The van der Waals surface area contributed by atoms with E-state index in [0.717, 1.165) is 39.9 Å². The largest absolute Gasteiger partial charge is 1.00 e. The maximum Gasteiger partial charge on any atom is 0.245 e. The number of imidazole rings is 1. The Morgan fingerprint density at radius 2 is 1.47 bits per heavy atom. The molecule has 0 amide bonds. The van der Waals surface area contributed by atoms with Crippen LogP contribution in [0.1, 0.15) is 11.1 Å². The molecule has 6 rings (SSSR count). The van der Waals surface area contributed by atoms with Crippen molar-refractivity contribution in [2.75, 3.05) is 0 Å². The average Bonchev–Trinajstić information content (AvgIpc) is 3.40. The van der Waals surface area contributed by atoms with Gasteiger partial charge in [0.1, 0.15) is 24.4 Å². The zero-order valence-electron chi connectivity index (χ0n) is 18.4. The van der Waals surface area contributed by atoms with E-state index < -0.39 is 0 Å². The van der Waals surface area contributed by atoms with Gasteiger partial charge in [0.15, 0.2) is 11.0 Å². The summed E-state index contributed by atoms with van der Waals surface area (Å²) in [6, 6.07) is 35.7. The van der Waals surface area contributed by atoms with Gasteiger partial charge in [0.25, 0.3) is 0 Å². The third-order valence-corrected chi connectivity index (χ3v) is 6.91. The molecule has 0 aliphatic heterocycles. The van der Waals surface area contributed by atoms with E-state index in [4.69, 9.17) is 4.42 Å². The summed E-state index contributed by atoms with van der Waals surface area (Å²) < 4.78 is 12.1.